The van der Waals surface area contributed by atoms with E-state index in [0.29, 0.717) is 0 Å². The zero-order valence-electron chi connectivity index (χ0n) is 6.91. The first-order chi connectivity index (χ1) is 5.27. The fraction of sp³-hybridized carbons (Fsp3) is 0.444. The van der Waals surface area contributed by atoms with Crippen LogP contribution in [0.1, 0.15) is 20.3 Å². The van der Waals surface area contributed by atoms with Gasteiger partial charge in [-0.25, -0.2) is 0 Å². The lowest BCUT2D eigenvalue weighted by Gasteiger charge is -2.16. The number of allylic oxidation sites excluding steroid dienone is 3. The van der Waals surface area contributed by atoms with Gasteiger partial charge in [0.25, 0.3) is 0 Å². The van der Waals surface area contributed by atoms with Crippen LogP contribution < -0.4 is 0 Å². The van der Waals surface area contributed by atoms with Crippen molar-refractivity contribution in [2.75, 3.05) is 0 Å². The lowest BCUT2D eigenvalue weighted by Crippen LogP contribution is -2.13. The Bertz CT molecular complexity index is 224. The SMILES string of the molecule is CCC1(C)C=CC=C=NN=C1. The average Bonchev–Trinajstić information content (AvgIpc) is 1.98. The number of hydrogen-bond donors (Lipinski definition) is 0. The van der Waals surface area contributed by atoms with Gasteiger partial charge in [-0.05, 0) is 6.42 Å². The molecule has 0 amide bonds. The van der Waals surface area contributed by atoms with E-state index in [4.69, 9.17) is 0 Å². The molecule has 0 saturated carbocycles. The molecule has 1 unspecified atom stereocenters. The second kappa shape index (κ2) is 3.31. The summed E-state index contributed by atoms with van der Waals surface area (Å²) in [4.78, 5) is 0. The lowest BCUT2D eigenvalue weighted by molar-refractivity contribution is 0.584. The van der Waals surface area contributed by atoms with Crippen LogP contribution in [-0.2, 0) is 0 Å². The zero-order valence-corrected chi connectivity index (χ0v) is 6.91. The Morgan fingerprint density at radius 2 is 2.36 bits per heavy atom. The summed E-state index contributed by atoms with van der Waals surface area (Å²) in [5, 5.41) is 7.55. The van der Waals surface area contributed by atoms with E-state index < -0.39 is 0 Å². The summed E-state index contributed by atoms with van der Waals surface area (Å²) in [6, 6.07) is 0. The minimum atomic E-state index is 0.0576. The van der Waals surface area contributed by atoms with Gasteiger partial charge in [-0.2, -0.15) is 5.10 Å². The number of rotatable bonds is 1. The molecular weight excluding hydrogens is 136 g/mol. The summed E-state index contributed by atoms with van der Waals surface area (Å²) in [5.41, 5.74) is 0.0576. The molecule has 0 spiro atoms. The molecule has 0 aliphatic carbocycles. The van der Waals surface area contributed by atoms with Crippen LogP contribution in [0.4, 0.5) is 0 Å². The van der Waals surface area contributed by atoms with Crippen molar-refractivity contribution < 1.29 is 0 Å². The van der Waals surface area contributed by atoms with E-state index in [-0.39, 0.29) is 5.41 Å². The Balaban J connectivity index is 2.88. The van der Waals surface area contributed by atoms with Crippen molar-refractivity contribution in [1.82, 2.24) is 0 Å². The number of nitrogens with zero attached hydrogens (tertiary/aromatic N) is 2. The monoisotopic (exact) mass is 148 g/mol. The van der Waals surface area contributed by atoms with Crippen LogP contribution in [-0.4, -0.2) is 12.1 Å². The number of hydrogen-bond acceptors (Lipinski definition) is 2. The molecule has 0 N–H and O–H groups in total. The maximum Gasteiger partial charge on any atom is 0.0374 e. The van der Waals surface area contributed by atoms with Crippen LogP contribution in [0, 0.1) is 5.41 Å². The van der Waals surface area contributed by atoms with Crippen LogP contribution in [0.3, 0.4) is 0 Å². The molecule has 1 aliphatic heterocycles. The van der Waals surface area contributed by atoms with Gasteiger partial charge in [-0.3, -0.25) is 0 Å². The summed E-state index contributed by atoms with van der Waals surface area (Å²) >= 11 is 0. The highest BCUT2D eigenvalue weighted by atomic mass is 15.2. The van der Waals surface area contributed by atoms with Crippen LogP contribution in [0.25, 0.3) is 0 Å². The van der Waals surface area contributed by atoms with E-state index >= 15 is 0 Å². The van der Waals surface area contributed by atoms with Gasteiger partial charge < -0.3 is 0 Å². The van der Waals surface area contributed by atoms with Gasteiger partial charge in [-0.1, -0.05) is 26.0 Å². The minimum absolute atomic E-state index is 0.0576. The van der Waals surface area contributed by atoms with Gasteiger partial charge in [0.05, 0.1) is 0 Å². The van der Waals surface area contributed by atoms with Crippen molar-refractivity contribution >= 4 is 12.1 Å². The molecule has 1 heterocycles. The lowest BCUT2D eigenvalue weighted by atomic mass is 9.89. The molecule has 58 valence electrons. The largest absolute Gasteiger partial charge is 0.154 e. The standard InChI is InChI=1S/C9H12N2/c1-3-9(2)6-4-5-7-10-11-8-9/h4-6,8H,3H2,1-2H3. The normalized spacial score (nSPS) is 28.5. The molecule has 1 atom stereocenters. The minimum Gasteiger partial charge on any atom is -0.154 e. The predicted octanol–water partition coefficient (Wildman–Crippen LogP) is 2.18. The zero-order chi connectivity index (χ0) is 8.16. The van der Waals surface area contributed by atoms with Crippen molar-refractivity contribution in [2.24, 2.45) is 15.6 Å². The van der Waals surface area contributed by atoms with Crippen molar-refractivity contribution in [3.8, 4) is 0 Å². The Kier molecular flexibility index (Phi) is 2.40. The molecule has 1 rings (SSSR count). The quantitative estimate of drug-likeness (QED) is 0.544. The highest BCUT2D eigenvalue weighted by Crippen LogP contribution is 2.20. The fourth-order valence-corrected chi connectivity index (χ4v) is 0.791. The van der Waals surface area contributed by atoms with Gasteiger partial charge in [0, 0.05) is 23.6 Å². The van der Waals surface area contributed by atoms with Gasteiger partial charge in [0.2, 0.25) is 0 Å². The molecule has 11 heavy (non-hydrogen) atoms. The highest BCUT2D eigenvalue weighted by molar-refractivity contribution is 5.70. The molecule has 2 heteroatoms. The topological polar surface area (TPSA) is 24.7 Å². The van der Waals surface area contributed by atoms with Crippen molar-refractivity contribution in [2.45, 2.75) is 20.3 Å². The average molecular weight is 148 g/mol. The van der Waals surface area contributed by atoms with E-state index in [1.807, 2.05) is 12.3 Å². The Morgan fingerprint density at radius 1 is 1.55 bits per heavy atom. The van der Waals surface area contributed by atoms with Crippen LogP contribution in [0.15, 0.2) is 28.4 Å². The summed E-state index contributed by atoms with van der Waals surface area (Å²) in [5.74, 6) is 2.66. The summed E-state index contributed by atoms with van der Waals surface area (Å²) in [6.07, 6.45) is 8.72. The summed E-state index contributed by atoms with van der Waals surface area (Å²) in [6.45, 7) is 4.26. The van der Waals surface area contributed by atoms with E-state index in [9.17, 15) is 0 Å². The molecule has 2 nitrogen and oxygen atoms in total. The molecule has 1 aliphatic rings. The Labute approximate surface area is 67.0 Å². The first-order valence-electron chi connectivity index (χ1n) is 3.78. The third-order valence-electron chi connectivity index (χ3n) is 1.88. The van der Waals surface area contributed by atoms with Crippen LogP contribution in [0.5, 0.6) is 0 Å². The smallest absolute Gasteiger partial charge is 0.0374 e. The van der Waals surface area contributed by atoms with E-state index in [1.54, 1.807) is 6.08 Å². The fourth-order valence-electron chi connectivity index (χ4n) is 0.791. The Hall–Kier alpha value is -1.14. The molecule has 0 bridgehead atoms. The maximum atomic E-state index is 3.86. The molecular formula is C9H12N2. The highest BCUT2D eigenvalue weighted by Gasteiger charge is 2.14. The van der Waals surface area contributed by atoms with Gasteiger partial charge in [0.15, 0.2) is 0 Å². The summed E-state index contributed by atoms with van der Waals surface area (Å²) in [7, 11) is 0. The summed E-state index contributed by atoms with van der Waals surface area (Å²) < 4.78 is 0. The first kappa shape index (κ1) is 7.96. The van der Waals surface area contributed by atoms with Crippen molar-refractivity contribution in [3.63, 3.8) is 0 Å². The van der Waals surface area contributed by atoms with E-state index in [0.717, 1.165) is 6.42 Å². The second-order valence-corrected chi connectivity index (χ2v) is 2.86. The van der Waals surface area contributed by atoms with Crippen molar-refractivity contribution in [3.05, 3.63) is 18.2 Å². The molecule has 0 aromatic rings. The van der Waals surface area contributed by atoms with Crippen LogP contribution in [0.2, 0.25) is 0 Å². The van der Waals surface area contributed by atoms with Crippen LogP contribution >= 0.6 is 0 Å². The maximum absolute atomic E-state index is 3.86. The second-order valence-electron chi connectivity index (χ2n) is 2.86. The first-order valence-corrected chi connectivity index (χ1v) is 3.78. The van der Waals surface area contributed by atoms with E-state index in [2.05, 4.69) is 36.0 Å². The van der Waals surface area contributed by atoms with Gasteiger partial charge >= 0.3 is 0 Å². The van der Waals surface area contributed by atoms with Gasteiger partial charge in [0.1, 0.15) is 0 Å². The predicted molar refractivity (Wildman–Crippen MR) is 48.0 cm³/mol. The third-order valence-corrected chi connectivity index (χ3v) is 1.88. The third kappa shape index (κ3) is 2.17. The molecule has 0 radical (unpaired) electrons. The molecule has 0 aromatic carbocycles. The molecule has 0 saturated heterocycles. The van der Waals surface area contributed by atoms with Crippen molar-refractivity contribution in [1.29, 1.82) is 0 Å². The van der Waals surface area contributed by atoms with E-state index in [1.165, 1.54) is 0 Å². The molecule has 0 aromatic heterocycles. The van der Waals surface area contributed by atoms with Gasteiger partial charge in [-0.15, -0.1) is 5.10 Å². The Morgan fingerprint density at radius 3 is 3.09 bits per heavy atom. The molecule has 0 fully saturated rings.